The van der Waals surface area contributed by atoms with E-state index >= 15 is 0 Å². The number of hydrogen-bond acceptors (Lipinski definition) is 2. The Kier molecular flexibility index (Phi) is 5.43. The van der Waals surface area contributed by atoms with E-state index in [1.165, 1.54) is 0 Å². The number of carbonyl (C=O) groups is 1. The number of benzene rings is 2. The Morgan fingerprint density at radius 3 is 2.28 bits per heavy atom. The van der Waals surface area contributed by atoms with Crippen LogP contribution in [0.2, 0.25) is 0 Å². The number of aromatic nitrogens is 3. The van der Waals surface area contributed by atoms with Gasteiger partial charge in [0, 0.05) is 44.5 Å². The third-order valence-corrected chi connectivity index (χ3v) is 6.40. The fraction of sp³-hybridized carbons (Fsp3) is 0.308. The quantitative estimate of drug-likeness (QED) is 0.466. The maximum absolute atomic E-state index is 13.5. The number of aryl methyl sites for hydroxylation is 2. The van der Waals surface area contributed by atoms with Crippen molar-refractivity contribution in [1.29, 1.82) is 0 Å². The van der Waals surface area contributed by atoms with Crippen molar-refractivity contribution in [2.75, 3.05) is 6.54 Å². The zero-order chi connectivity index (χ0) is 22.1. The predicted molar refractivity (Wildman–Crippen MR) is 126 cm³/mol. The van der Waals surface area contributed by atoms with Gasteiger partial charge in [-0.25, -0.2) is 4.79 Å². The summed E-state index contributed by atoms with van der Waals surface area (Å²) < 4.78 is 5.80. The van der Waals surface area contributed by atoms with Gasteiger partial charge in [-0.1, -0.05) is 49.4 Å². The number of hydrogen-bond donors (Lipinski definition) is 0. The molecule has 2 aromatic heterocycles. The first-order chi connectivity index (χ1) is 15.7. The largest absolute Gasteiger partial charge is 0.348 e. The Labute approximate surface area is 187 Å². The van der Waals surface area contributed by atoms with Crippen molar-refractivity contribution in [2.24, 2.45) is 0 Å². The minimum Gasteiger partial charge on any atom is -0.348 e. The van der Waals surface area contributed by atoms with Crippen LogP contribution in [0.5, 0.6) is 0 Å². The molecule has 6 heteroatoms. The molecule has 1 aliphatic rings. The van der Waals surface area contributed by atoms with Gasteiger partial charge in [0.1, 0.15) is 0 Å². The first-order valence-electron chi connectivity index (χ1n) is 11.4. The minimum atomic E-state index is -0.106. The summed E-state index contributed by atoms with van der Waals surface area (Å²) in [6, 6.07) is 22.1. The van der Waals surface area contributed by atoms with Crippen molar-refractivity contribution in [3.05, 3.63) is 94.7 Å². The van der Waals surface area contributed by atoms with E-state index in [2.05, 4.69) is 35.9 Å². The number of amides is 1. The second-order valence-electron chi connectivity index (χ2n) is 8.35. The van der Waals surface area contributed by atoms with Crippen molar-refractivity contribution in [3.63, 3.8) is 0 Å². The summed E-state index contributed by atoms with van der Waals surface area (Å²) in [5, 5.41) is 0. The lowest BCUT2D eigenvalue weighted by molar-refractivity contribution is -0.134. The summed E-state index contributed by atoms with van der Waals surface area (Å²) in [6.45, 7) is 4.57. The van der Waals surface area contributed by atoms with E-state index in [4.69, 9.17) is 0 Å². The molecular formula is C26H28N4O2. The predicted octanol–water partition coefficient (Wildman–Crippen LogP) is 4.04. The molecule has 5 rings (SSSR count). The topological polar surface area (TPSA) is 52.2 Å². The van der Waals surface area contributed by atoms with E-state index in [1.807, 2.05) is 58.0 Å². The Hall–Kier alpha value is -3.54. The Morgan fingerprint density at radius 2 is 1.56 bits per heavy atom. The van der Waals surface area contributed by atoms with Gasteiger partial charge in [-0.3, -0.25) is 13.9 Å². The van der Waals surface area contributed by atoms with Crippen LogP contribution in [0, 0.1) is 0 Å². The third-order valence-electron chi connectivity index (χ3n) is 6.40. The van der Waals surface area contributed by atoms with Gasteiger partial charge < -0.3 is 9.47 Å². The summed E-state index contributed by atoms with van der Waals surface area (Å²) in [7, 11) is 0. The second-order valence-corrected chi connectivity index (χ2v) is 8.35. The molecule has 0 fully saturated rings. The van der Waals surface area contributed by atoms with Gasteiger partial charge >= 0.3 is 5.69 Å². The average Bonchev–Trinajstić information content (AvgIpc) is 3.41. The van der Waals surface area contributed by atoms with E-state index < -0.39 is 0 Å². The molecule has 2 aromatic carbocycles. The fourth-order valence-corrected chi connectivity index (χ4v) is 4.92. The zero-order valence-electron chi connectivity index (χ0n) is 18.4. The number of nitrogens with zero attached hydrogens (tertiary/aromatic N) is 4. The molecule has 1 unspecified atom stereocenters. The van der Waals surface area contributed by atoms with Crippen LogP contribution in [-0.2, 0) is 24.4 Å². The van der Waals surface area contributed by atoms with Crippen molar-refractivity contribution < 1.29 is 4.79 Å². The summed E-state index contributed by atoms with van der Waals surface area (Å²) in [5.41, 5.74) is 4.04. The second kappa shape index (κ2) is 8.54. The number of para-hydroxylation sites is 2. The molecule has 0 aliphatic carbocycles. The van der Waals surface area contributed by atoms with Gasteiger partial charge in [0.05, 0.1) is 17.1 Å². The molecule has 164 valence electrons. The van der Waals surface area contributed by atoms with E-state index in [1.54, 1.807) is 4.57 Å². The summed E-state index contributed by atoms with van der Waals surface area (Å²) >= 11 is 0. The number of imidazole rings is 1. The maximum Gasteiger partial charge on any atom is 0.329 e. The van der Waals surface area contributed by atoms with Crippen LogP contribution in [0.1, 0.15) is 37.1 Å². The summed E-state index contributed by atoms with van der Waals surface area (Å²) in [6.07, 6.45) is 3.26. The standard InChI is InChI=1S/C26H28N4O2/c1-2-15-28-21-11-6-7-12-22(21)29(26(28)32)17-14-24(31)30-19-18-27-16-8-13-23(27)25(30)20-9-4-3-5-10-20/h3-13,16,25H,2,14-15,17-19H2,1H3. The van der Waals surface area contributed by atoms with Crippen LogP contribution in [-0.4, -0.2) is 31.1 Å². The average molecular weight is 429 g/mol. The lowest BCUT2D eigenvalue weighted by atomic mass is 9.99. The molecule has 0 saturated carbocycles. The lowest BCUT2D eigenvalue weighted by Crippen LogP contribution is -2.42. The maximum atomic E-state index is 13.5. The van der Waals surface area contributed by atoms with Gasteiger partial charge in [-0.2, -0.15) is 0 Å². The van der Waals surface area contributed by atoms with Crippen LogP contribution in [0.4, 0.5) is 0 Å². The number of fused-ring (bicyclic) bond motifs is 2. The SMILES string of the molecule is CCCn1c(=O)n(CCC(=O)N2CCn3cccc3C2c2ccccc2)c2ccccc21. The van der Waals surface area contributed by atoms with Gasteiger partial charge in [0.15, 0.2) is 0 Å². The molecular weight excluding hydrogens is 400 g/mol. The van der Waals surface area contributed by atoms with Crippen molar-refractivity contribution in [1.82, 2.24) is 18.6 Å². The third kappa shape index (κ3) is 3.45. The Balaban J connectivity index is 1.43. The molecule has 0 N–H and O–H groups in total. The molecule has 1 aliphatic heterocycles. The Morgan fingerprint density at radius 1 is 0.875 bits per heavy atom. The van der Waals surface area contributed by atoms with Gasteiger partial charge in [0.2, 0.25) is 5.91 Å². The van der Waals surface area contributed by atoms with Gasteiger partial charge in [0.25, 0.3) is 0 Å². The first-order valence-corrected chi connectivity index (χ1v) is 11.4. The lowest BCUT2D eigenvalue weighted by Gasteiger charge is -2.37. The smallest absolute Gasteiger partial charge is 0.329 e. The summed E-state index contributed by atoms with van der Waals surface area (Å²) in [5.74, 6) is 0.0746. The molecule has 0 saturated heterocycles. The molecule has 0 bridgehead atoms. The molecule has 1 atom stereocenters. The Bertz CT molecular complexity index is 1300. The highest BCUT2D eigenvalue weighted by Gasteiger charge is 2.31. The van der Waals surface area contributed by atoms with Crippen molar-refractivity contribution >= 4 is 16.9 Å². The van der Waals surface area contributed by atoms with Gasteiger partial charge in [-0.15, -0.1) is 0 Å². The number of rotatable bonds is 6. The fourth-order valence-electron chi connectivity index (χ4n) is 4.92. The highest BCUT2D eigenvalue weighted by Crippen LogP contribution is 2.32. The van der Waals surface area contributed by atoms with Crippen LogP contribution in [0.25, 0.3) is 11.0 Å². The van der Waals surface area contributed by atoms with Crippen LogP contribution in [0.15, 0.2) is 77.7 Å². The molecule has 0 radical (unpaired) electrons. The summed E-state index contributed by atoms with van der Waals surface area (Å²) in [4.78, 5) is 28.5. The molecule has 1 amide bonds. The first kappa shape index (κ1) is 20.4. The van der Waals surface area contributed by atoms with Crippen molar-refractivity contribution in [3.8, 4) is 0 Å². The number of carbonyl (C=O) groups excluding carboxylic acids is 1. The molecule has 4 aromatic rings. The normalized spacial score (nSPS) is 15.8. The van der Waals surface area contributed by atoms with Crippen LogP contribution in [0.3, 0.4) is 0 Å². The minimum absolute atomic E-state index is 0.0343. The highest BCUT2D eigenvalue weighted by atomic mass is 16.2. The van der Waals surface area contributed by atoms with Crippen LogP contribution < -0.4 is 5.69 Å². The molecule has 3 heterocycles. The van der Waals surface area contributed by atoms with Crippen molar-refractivity contribution in [2.45, 2.75) is 45.4 Å². The molecule has 32 heavy (non-hydrogen) atoms. The van der Waals surface area contributed by atoms with E-state index in [0.717, 1.165) is 35.3 Å². The molecule has 6 nitrogen and oxygen atoms in total. The monoisotopic (exact) mass is 428 g/mol. The molecule has 0 spiro atoms. The zero-order valence-corrected chi connectivity index (χ0v) is 18.4. The van der Waals surface area contributed by atoms with E-state index in [-0.39, 0.29) is 17.6 Å². The highest BCUT2D eigenvalue weighted by molar-refractivity contribution is 5.79. The van der Waals surface area contributed by atoms with Gasteiger partial charge in [-0.05, 0) is 36.2 Å². The van der Waals surface area contributed by atoms with E-state index in [0.29, 0.717) is 26.1 Å². The van der Waals surface area contributed by atoms with Crippen LogP contribution >= 0.6 is 0 Å². The van der Waals surface area contributed by atoms with E-state index in [9.17, 15) is 9.59 Å².